The first-order valence-corrected chi connectivity index (χ1v) is 3.24. The maximum Gasteiger partial charge on any atom is 0.142 e. The average Bonchev–Trinajstić information content (AvgIpc) is 2.08. The molecule has 0 heterocycles. The number of rotatable bonds is 1. The van der Waals surface area contributed by atoms with Crippen molar-refractivity contribution in [3.8, 4) is 12.3 Å². The molecule has 0 saturated carbocycles. The van der Waals surface area contributed by atoms with Crippen molar-refractivity contribution in [2.75, 3.05) is 0 Å². The molecular formula is C9H6F2O. The zero-order valence-electron chi connectivity index (χ0n) is 6.09. The van der Waals surface area contributed by atoms with Crippen LogP contribution in [0.1, 0.15) is 11.7 Å². The molecule has 0 aliphatic carbocycles. The molecule has 0 aliphatic rings. The van der Waals surface area contributed by atoms with Gasteiger partial charge >= 0.3 is 0 Å². The van der Waals surface area contributed by atoms with E-state index in [2.05, 4.69) is 0 Å². The topological polar surface area (TPSA) is 20.2 Å². The van der Waals surface area contributed by atoms with E-state index >= 15 is 0 Å². The van der Waals surface area contributed by atoms with Gasteiger partial charge in [0.05, 0.1) is 0 Å². The number of terminal acetylenes is 1. The summed E-state index contributed by atoms with van der Waals surface area (Å²) in [6, 6.07) is 2.76. The Morgan fingerprint density at radius 1 is 1.42 bits per heavy atom. The zero-order valence-corrected chi connectivity index (χ0v) is 6.09. The molecule has 0 bridgehead atoms. The highest BCUT2D eigenvalue weighted by atomic mass is 19.1. The molecule has 0 fully saturated rings. The van der Waals surface area contributed by atoms with E-state index in [1.807, 2.05) is 5.92 Å². The Labute approximate surface area is 68.7 Å². The molecule has 1 N–H and O–H groups in total. The molecule has 0 aromatic heterocycles. The van der Waals surface area contributed by atoms with Gasteiger partial charge in [-0.05, 0) is 18.2 Å². The van der Waals surface area contributed by atoms with E-state index in [1.165, 1.54) is 0 Å². The van der Waals surface area contributed by atoms with Gasteiger partial charge in [0.2, 0.25) is 0 Å². The van der Waals surface area contributed by atoms with Crippen molar-refractivity contribution in [2.45, 2.75) is 6.10 Å². The Bertz CT molecular complexity index is 328. The Morgan fingerprint density at radius 2 is 2.08 bits per heavy atom. The Kier molecular flexibility index (Phi) is 2.41. The molecule has 12 heavy (non-hydrogen) atoms. The van der Waals surface area contributed by atoms with Crippen LogP contribution in [-0.2, 0) is 0 Å². The number of aliphatic hydroxyl groups excluding tert-OH is 1. The van der Waals surface area contributed by atoms with Crippen LogP contribution >= 0.6 is 0 Å². The van der Waals surface area contributed by atoms with Crippen molar-refractivity contribution in [3.63, 3.8) is 0 Å². The van der Waals surface area contributed by atoms with Crippen molar-refractivity contribution >= 4 is 0 Å². The molecule has 1 rings (SSSR count). The average molecular weight is 168 g/mol. The summed E-state index contributed by atoms with van der Waals surface area (Å²) in [5.74, 6) is 0.567. The lowest BCUT2D eigenvalue weighted by molar-refractivity contribution is 0.232. The Hall–Kier alpha value is -1.40. The van der Waals surface area contributed by atoms with Crippen LogP contribution in [0, 0.1) is 24.0 Å². The van der Waals surface area contributed by atoms with Crippen LogP contribution in [0.3, 0.4) is 0 Å². The van der Waals surface area contributed by atoms with Gasteiger partial charge in [0, 0.05) is 5.56 Å². The summed E-state index contributed by atoms with van der Waals surface area (Å²) >= 11 is 0. The first-order chi connectivity index (χ1) is 5.65. The van der Waals surface area contributed by atoms with E-state index < -0.39 is 17.7 Å². The summed E-state index contributed by atoms with van der Waals surface area (Å²) in [7, 11) is 0. The second kappa shape index (κ2) is 3.33. The fourth-order valence-corrected chi connectivity index (χ4v) is 0.814. The van der Waals surface area contributed by atoms with Crippen LogP contribution < -0.4 is 0 Å². The highest BCUT2D eigenvalue weighted by Gasteiger charge is 2.10. The lowest BCUT2D eigenvalue weighted by atomic mass is 10.1. The monoisotopic (exact) mass is 168 g/mol. The number of halogens is 2. The van der Waals surface area contributed by atoms with Gasteiger partial charge in [0.1, 0.15) is 17.7 Å². The summed E-state index contributed by atoms with van der Waals surface area (Å²) in [6.45, 7) is 0. The van der Waals surface area contributed by atoms with Crippen LogP contribution in [0.15, 0.2) is 18.2 Å². The van der Waals surface area contributed by atoms with Crippen LogP contribution in [0.2, 0.25) is 0 Å². The predicted molar refractivity (Wildman–Crippen MR) is 40.2 cm³/mol. The van der Waals surface area contributed by atoms with Crippen molar-refractivity contribution < 1.29 is 13.9 Å². The molecule has 1 aromatic carbocycles. The third-order valence-corrected chi connectivity index (χ3v) is 1.41. The first-order valence-electron chi connectivity index (χ1n) is 3.24. The molecule has 62 valence electrons. The second-order valence-corrected chi connectivity index (χ2v) is 2.24. The third kappa shape index (κ3) is 1.60. The minimum Gasteiger partial charge on any atom is -0.376 e. The van der Waals surface area contributed by atoms with E-state index in [0.29, 0.717) is 0 Å². The van der Waals surface area contributed by atoms with Gasteiger partial charge in [-0.3, -0.25) is 0 Å². The van der Waals surface area contributed by atoms with Gasteiger partial charge in [0.15, 0.2) is 0 Å². The van der Waals surface area contributed by atoms with Crippen LogP contribution in [0.4, 0.5) is 8.78 Å². The third-order valence-electron chi connectivity index (χ3n) is 1.41. The van der Waals surface area contributed by atoms with Crippen LogP contribution in [0.25, 0.3) is 0 Å². The maximum absolute atomic E-state index is 12.8. The largest absolute Gasteiger partial charge is 0.376 e. The molecule has 1 aromatic rings. The lowest BCUT2D eigenvalue weighted by Crippen LogP contribution is -1.98. The Balaban J connectivity index is 3.15. The summed E-state index contributed by atoms with van der Waals surface area (Å²) in [5.41, 5.74) is -0.211. The van der Waals surface area contributed by atoms with E-state index in [-0.39, 0.29) is 5.56 Å². The van der Waals surface area contributed by atoms with Gasteiger partial charge in [-0.2, -0.15) is 0 Å². The number of benzene rings is 1. The molecule has 3 heteroatoms. The molecule has 0 saturated heterocycles. The van der Waals surface area contributed by atoms with E-state index in [9.17, 15) is 8.78 Å². The predicted octanol–water partition coefficient (Wildman–Crippen LogP) is 1.63. The summed E-state index contributed by atoms with van der Waals surface area (Å²) in [5, 5.41) is 8.99. The first kappa shape index (κ1) is 8.69. The molecule has 1 unspecified atom stereocenters. The summed E-state index contributed by atoms with van der Waals surface area (Å²) in [6.07, 6.45) is 3.45. The fourth-order valence-electron chi connectivity index (χ4n) is 0.814. The quantitative estimate of drug-likeness (QED) is 0.632. The number of hydrogen-bond acceptors (Lipinski definition) is 1. The minimum atomic E-state index is -1.39. The van der Waals surface area contributed by atoms with Gasteiger partial charge in [-0.25, -0.2) is 8.78 Å². The molecule has 0 aliphatic heterocycles. The standard InChI is InChI=1S/C9H6F2O/c1-2-9(12)7-5-6(10)3-4-8(7)11/h1,3-5,9,12H. The molecule has 0 amide bonds. The number of hydrogen-bond donors (Lipinski definition) is 1. The summed E-state index contributed by atoms with van der Waals surface area (Å²) in [4.78, 5) is 0. The minimum absolute atomic E-state index is 0.211. The van der Waals surface area contributed by atoms with Gasteiger partial charge in [-0.1, -0.05) is 5.92 Å². The molecule has 0 radical (unpaired) electrons. The smallest absolute Gasteiger partial charge is 0.142 e. The SMILES string of the molecule is C#CC(O)c1cc(F)ccc1F. The van der Waals surface area contributed by atoms with Crippen LogP contribution in [-0.4, -0.2) is 5.11 Å². The van der Waals surface area contributed by atoms with E-state index in [0.717, 1.165) is 18.2 Å². The van der Waals surface area contributed by atoms with Crippen molar-refractivity contribution in [3.05, 3.63) is 35.4 Å². The maximum atomic E-state index is 12.8. The van der Waals surface area contributed by atoms with E-state index in [4.69, 9.17) is 11.5 Å². The van der Waals surface area contributed by atoms with Crippen LogP contribution in [0.5, 0.6) is 0 Å². The highest BCUT2D eigenvalue weighted by molar-refractivity contribution is 5.25. The zero-order chi connectivity index (χ0) is 9.14. The van der Waals surface area contributed by atoms with Crippen molar-refractivity contribution in [1.29, 1.82) is 0 Å². The van der Waals surface area contributed by atoms with Crippen molar-refractivity contribution in [2.24, 2.45) is 0 Å². The normalized spacial score (nSPS) is 12.2. The molecule has 0 spiro atoms. The van der Waals surface area contributed by atoms with E-state index in [1.54, 1.807) is 0 Å². The molecule has 1 atom stereocenters. The van der Waals surface area contributed by atoms with Crippen molar-refractivity contribution in [1.82, 2.24) is 0 Å². The second-order valence-electron chi connectivity index (χ2n) is 2.24. The number of aliphatic hydroxyl groups is 1. The molecule has 1 nitrogen and oxygen atoms in total. The lowest BCUT2D eigenvalue weighted by Gasteiger charge is -2.04. The summed E-state index contributed by atoms with van der Waals surface area (Å²) < 4.78 is 25.3. The highest BCUT2D eigenvalue weighted by Crippen LogP contribution is 2.16. The van der Waals surface area contributed by atoms with Gasteiger partial charge in [0.25, 0.3) is 0 Å². The van der Waals surface area contributed by atoms with Gasteiger partial charge < -0.3 is 5.11 Å². The fraction of sp³-hybridized carbons (Fsp3) is 0.111. The van der Waals surface area contributed by atoms with Gasteiger partial charge in [-0.15, -0.1) is 6.42 Å². The molecular weight excluding hydrogens is 162 g/mol. The Morgan fingerprint density at radius 3 is 2.67 bits per heavy atom.